The largest absolute Gasteiger partial charge is 0.364 e. The first-order valence-corrected chi connectivity index (χ1v) is 6.78. The summed E-state index contributed by atoms with van der Waals surface area (Å²) in [6.07, 6.45) is 2.54. The maximum Gasteiger partial charge on any atom is 0.263 e. The maximum absolute atomic E-state index is 11.2. The molecule has 0 aromatic heterocycles. The minimum Gasteiger partial charge on any atom is -0.364 e. The Balaban J connectivity index is 2.10. The van der Waals surface area contributed by atoms with Gasteiger partial charge in [-0.3, -0.25) is 10.2 Å². The Morgan fingerprint density at radius 1 is 1.62 bits per heavy atom. The smallest absolute Gasteiger partial charge is 0.263 e. The second kappa shape index (κ2) is 7.11. The molecule has 1 rings (SSSR count). The van der Waals surface area contributed by atoms with E-state index in [9.17, 15) is 4.79 Å². The Labute approximate surface area is 101 Å². The van der Waals surface area contributed by atoms with Crippen LogP contribution in [0.15, 0.2) is 0 Å². The number of amides is 1. The van der Waals surface area contributed by atoms with Gasteiger partial charge in [0.15, 0.2) is 0 Å². The highest BCUT2D eigenvalue weighted by Crippen LogP contribution is 2.23. The maximum atomic E-state index is 11.2. The fourth-order valence-electron chi connectivity index (χ4n) is 1.60. The Kier molecular flexibility index (Phi) is 6.12. The number of ether oxygens (including phenoxy) is 1. The van der Waals surface area contributed by atoms with Gasteiger partial charge in [-0.2, -0.15) is 11.8 Å². The standard InChI is InChI=1S/C10H21N3O2S/c1-7(11)4-5-16-6-8-2-3-9(15-8)10(14)13-12/h7-9H,2-6,11-12H2,1H3,(H,13,14). The molecule has 1 heterocycles. The molecule has 3 unspecified atom stereocenters. The van der Waals surface area contributed by atoms with E-state index in [1.807, 2.05) is 18.7 Å². The molecule has 1 amide bonds. The molecule has 3 atom stereocenters. The topological polar surface area (TPSA) is 90.4 Å². The van der Waals surface area contributed by atoms with Gasteiger partial charge in [0.1, 0.15) is 6.10 Å². The van der Waals surface area contributed by atoms with Crippen LogP contribution in [0.1, 0.15) is 26.2 Å². The van der Waals surface area contributed by atoms with Crippen molar-refractivity contribution in [2.45, 2.75) is 44.4 Å². The van der Waals surface area contributed by atoms with Gasteiger partial charge in [0.25, 0.3) is 5.91 Å². The lowest BCUT2D eigenvalue weighted by molar-refractivity contribution is -0.131. The molecular formula is C10H21N3O2S. The number of thioether (sulfide) groups is 1. The van der Waals surface area contributed by atoms with Gasteiger partial charge < -0.3 is 10.5 Å². The molecule has 94 valence electrons. The van der Waals surface area contributed by atoms with Gasteiger partial charge in [-0.1, -0.05) is 0 Å². The third kappa shape index (κ3) is 4.69. The molecule has 1 aliphatic rings. The normalized spacial score (nSPS) is 26.7. The molecule has 0 aliphatic carbocycles. The molecule has 0 saturated carbocycles. The van der Waals surface area contributed by atoms with E-state index in [1.165, 1.54) is 0 Å². The van der Waals surface area contributed by atoms with Gasteiger partial charge in [0, 0.05) is 11.8 Å². The molecule has 5 N–H and O–H groups in total. The third-order valence-corrected chi connectivity index (χ3v) is 3.70. The van der Waals surface area contributed by atoms with Crippen molar-refractivity contribution in [1.29, 1.82) is 0 Å². The van der Waals surface area contributed by atoms with Crippen LogP contribution in [0, 0.1) is 0 Å². The van der Waals surface area contributed by atoms with Gasteiger partial charge in [-0.25, -0.2) is 5.84 Å². The van der Waals surface area contributed by atoms with E-state index in [1.54, 1.807) is 0 Å². The summed E-state index contributed by atoms with van der Waals surface area (Å²) >= 11 is 1.83. The van der Waals surface area contributed by atoms with Crippen molar-refractivity contribution >= 4 is 17.7 Å². The van der Waals surface area contributed by atoms with Crippen molar-refractivity contribution in [3.63, 3.8) is 0 Å². The Morgan fingerprint density at radius 2 is 2.38 bits per heavy atom. The summed E-state index contributed by atoms with van der Waals surface area (Å²) in [5.74, 6) is 6.81. The summed E-state index contributed by atoms with van der Waals surface area (Å²) in [5, 5.41) is 0. The fraction of sp³-hybridized carbons (Fsp3) is 0.900. The molecule has 6 heteroatoms. The summed E-state index contributed by atoms with van der Waals surface area (Å²) in [4.78, 5) is 11.2. The Hall–Kier alpha value is -0.300. The number of hydrogen-bond acceptors (Lipinski definition) is 5. The average Bonchev–Trinajstić information content (AvgIpc) is 2.71. The highest BCUT2D eigenvalue weighted by atomic mass is 32.2. The summed E-state index contributed by atoms with van der Waals surface area (Å²) in [7, 11) is 0. The van der Waals surface area contributed by atoms with Crippen LogP contribution in [0.3, 0.4) is 0 Å². The van der Waals surface area contributed by atoms with Crippen LogP contribution in [-0.4, -0.2) is 35.7 Å². The van der Waals surface area contributed by atoms with Crippen LogP contribution < -0.4 is 17.0 Å². The number of rotatable bonds is 6. The molecule has 0 bridgehead atoms. The first kappa shape index (κ1) is 13.8. The van der Waals surface area contributed by atoms with Crippen molar-refractivity contribution in [3.8, 4) is 0 Å². The lowest BCUT2D eigenvalue weighted by Crippen LogP contribution is -2.39. The Morgan fingerprint density at radius 3 is 3.00 bits per heavy atom. The molecule has 16 heavy (non-hydrogen) atoms. The number of nitrogens with one attached hydrogen (secondary N) is 1. The summed E-state index contributed by atoms with van der Waals surface area (Å²) in [6, 6.07) is 0.257. The molecule has 1 fully saturated rings. The predicted octanol–water partition coefficient (Wildman–Crippen LogP) is -0.00560. The fourth-order valence-corrected chi connectivity index (χ4v) is 2.81. The lowest BCUT2D eigenvalue weighted by atomic mass is 10.2. The zero-order valence-corrected chi connectivity index (χ0v) is 10.5. The molecule has 1 saturated heterocycles. The lowest BCUT2D eigenvalue weighted by Gasteiger charge is -2.12. The van der Waals surface area contributed by atoms with Gasteiger partial charge >= 0.3 is 0 Å². The van der Waals surface area contributed by atoms with E-state index >= 15 is 0 Å². The summed E-state index contributed by atoms with van der Waals surface area (Å²) < 4.78 is 5.58. The quantitative estimate of drug-likeness (QED) is 0.266. The van der Waals surface area contributed by atoms with E-state index in [4.69, 9.17) is 16.3 Å². The number of nitrogens with two attached hydrogens (primary N) is 2. The number of hydrazine groups is 1. The summed E-state index contributed by atoms with van der Waals surface area (Å²) in [6.45, 7) is 2.01. The first-order chi connectivity index (χ1) is 7.63. The molecule has 0 spiro atoms. The molecule has 5 nitrogen and oxygen atoms in total. The third-order valence-electron chi connectivity index (χ3n) is 2.56. The molecular weight excluding hydrogens is 226 g/mol. The van der Waals surface area contributed by atoms with E-state index in [-0.39, 0.29) is 24.2 Å². The highest BCUT2D eigenvalue weighted by Gasteiger charge is 2.29. The second-order valence-corrected chi connectivity index (χ2v) is 5.32. The zero-order valence-electron chi connectivity index (χ0n) is 9.65. The summed E-state index contributed by atoms with van der Waals surface area (Å²) in [5.41, 5.74) is 7.78. The van der Waals surface area contributed by atoms with Crippen LogP contribution in [0.25, 0.3) is 0 Å². The number of hydrogen-bond donors (Lipinski definition) is 3. The van der Waals surface area contributed by atoms with E-state index in [0.717, 1.165) is 30.8 Å². The minimum absolute atomic E-state index is 0.181. The van der Waals surface area contributed by atoms with Gasteiger partial charge in [0.2, 0.25) is 0 Å². The molecule has 1 aliphatic heterocycles. The minimum atomic E-state index is -0.357. The van der Waals surface area contributed by atoms with E-state index in [2.05, 4.69) is 5.43 Å². The van der Waals surface area contributed by atoms with Crippen LogP contribution in [0.4, 0.5) is 0 Å². The number of carbonyl (C=O) groups is 1. The van der Waals surface area contributed by atoms with Gasteiger partial charge in [0.05, 0.1) is 6.10 Å². The van der Waals surface area contributed by atoms with Crippen LogP contribution >= 0.6 is 11.8 Å². The van der Waals surface area contributed by atoms with Crippen molar-refractivity contribution < 1.29 is 9.53 Å². The van der Waals surface area contributed by atoms with E-state index < -0.39 is 0 Å². The van der Waals surface area contributed by atoms with Crippen molar-refractivity contribution in [2.75, 3.05) is 11.5 Å². The monoisotopic (exact) mass is 247 g/mol. The first-order valence-electron chi connectivity index (χ1n) is 5.62. The molecule has 0 radical (unpaired) electrons. The van der Waals surface area contributed by atoms with Crippen molar-refractivity contribution in [3.05, 3.63) is 0 Å². The predicted molar refractivity (Wildman–Crippen MR) is 65.8 cm³/mol. The SMILES string of the molecule is CC(N)CCSCC1CCC(C(=O)NN)O1. The Bertz CT molecular complexity index is 226. The van der Waals surface area contributed by atoms with Gasteiger partial charge in [-0.15, -0.1) is 0 Å². The van der Waals surface area contributed by atoms with Crippen LogP contribution in [-0.2, 0) is 9.53 Å². The second-order valence-electron chi connectivity index (χ2n) is 4.17. The van der Waals surface area contributed by atoms with Gasteiger partial charge in [-0.05, 0) is 31.9 Å². The van der Waals surface area contributed by atoms with Crippen LogP contribution in [0.2, 0.25) is 0 Å². The highest BCUT2D eigenvalue weighted by molar-refractivity contribution is 7.99. The molecule has 0 aromatic rings. The van der Waals surface area contributed by atoms with Crippen LogP contribution in [0.5, 0.6) is 0 Å². The molecule has 0 aromatic carbocycles. The zero-order chi connectivity index (χ0) is 12.0. The average molecular weight is 247 g/mol. The van der Waals surface area contributed by atoms with E-state index in [0.29, 0.717) is 0 Å². The number of carbonyl (C=O) groups excluding carboxylic acids is 1. The van der Waals surface area contributed by atoms with Crippen molar-refractivity contribution in [2.24, 2.45) is 11.6 Å². The van der Waals surface area contributed by atoms with Crippen molar-refractivity contribution in [1.82, 2.24) is 5.43 Å².